The zero-order valence-corrected chi connectivity index (χ0v) is 13.8. The molecule has 1 heterocycles. The van der Waals surface area contributed by atoms with E-state index in [0.717, 1.165) is 16.5 Å². The van der Waals surface area contributed by atoms with Gasteiger partial charge in [-0.05, 0) is 37.3 Å². The highest BCUT2D eigenvalue weighted by Crippen LogP contribution is 2.46. The molecule has 2 saturated carbocycles. The van der Waals surface area contributed by atoms with Gasteiger partial charge in [0.05, 0.1) is 10.0 Å². The monoisotopic (exact) mass is 339 g/mol. The van der Waals surface area contributed by atoms with Gasteiger partial charge in [0.15, 0.2) is 5.16 Å². The minimum absolute atomic E-state index is 0.608. The van der Waals surface area contributed by atoms with Crippen molar-refractivity contribution in [2.45, 2.75) is 48.6 Å². The van der Waals surface area contributed by atoms with Crippen LogP contribution in [-0.4, -0.2) is 14.8 Å². The first-order valence-corrected chi connectivity index (χ1v) is 8.98. The summed E-state index contributed by atoms with van der Waals surface area (Å²) in [5, 5.41) is 11.1. The van der Waals surface area contributed by atoms with Crippen LogP contribution in [-0.2, 0) is 5.75 Å². The van der Waals surface area contributed by atoms with Gasteiger partial charge >= 0.3 is 0 Å². The van der Waals surface area contributed by atoms with Crippen LogP contribution in [0.15, 0.2) is 23.4 Å². The molecule has 2 fully saturated rings. The van der Waals surface area contributed by atoms with E-state index in [1.165, 1.54) is 31.5 Å². The lowest BCUT2D eigenvalue weighted by molar-refractivity contribution is 0.627. The minimum atomic E-state index is 0.608. The Balaban J connectivity index is 1.56. The van der Waals surface area contributed by atoms with Crippen LogP contribution < -0.4 is 0 Å². The summed E-state index contributed by atoms with van der Waals surface area (Å²) in [5.41, 5.74) is 1.05. The lowest BCUT2D eigenvalue weighted by atomic mass is 10.2. The van der Waals surface area contributed by atoms with Gasteiger partial charge < -0.3 is 4.57 Å². The molecule has 0 spiro atoms. The van der Waals surface area contributed by atoms with E-state index in [-0.39, 0.29) is 0 Å². The topological polar surface area (TPSA) is 30.7 Å². The van der Waals surface area contributed by atoms with Crippen molar-refractivity contribution in [3.63, 3.8) is 0 Å². The third-order valence-electron chi connectivity index (χ3n) is 3.93. The molecular formula is C15H15Cl2N3S. The van der Waals surface area contributed by atoms with Crippen LogP contribution in [0, 0.1) is 0 Å². The quantitative estimate of drug-likeness (QED) is 0.711. The Bertz CT molecular complexity index is 678. The van der Waals surface area contributed by atoms with E-state index in [0.29, 0.717) is 22.0 Å². The molecule has 6 heteroatoms. The second kappa shape index (κ2) is 5.49. The van der Waals surface area contributed by atoms with Crippen molar-refractivity contribution in [3.8, 4) is 0 Å². The van der Waals surface area contributed by atoms with E-state index < -0.39 is 0 Å². The standard InChI is InChI=1S/C15H15Cl2N3S/c16-12-3-1-2-10(13(12)17)8-21-15-19-18-14(9-4-5-9)20(15)11-6-7-11/h1-3,9,11H,4-8H2. The zero-order chi connectivity index (χ0) is 14.4. The highest BCUT2D eigenvalue weighted by atomic mass is 35.5. The SMILES string of the molecule is Clc1cccc(CSc2nnc(C3CC3)n2C2CC2)c1Cl. The van der Waals surface area contributed by atoms with Gasteiger partial charge in [-0.3, -0.25) is 0 Å². The molecule has 1 aromatic carbocycles. The van der Waals surface area contributed by atoms with E-state index >= 15 is 0 Å². The molecular weight excluding hydrogens is 325 g/mol. The van der Waals surface area contributed by atoms with Crippen molar-refractivity contribution in [2.75, 3.05) is 0 Å². The van der Waals surface area contributed by atoms with E-state index in [1.54, 1.807) is 11.8 Å². The Labute approximate surface area is 138 Å². The zero-order valence-electron chi connectivity index (χ0n) is 11.4. The first-order chi connectivity index (χ1) is 10.2. The number of nitrogens with zero attached hydrogens (tertiary/aromatic N) is 3. The molecule has 21 heavy (non-hydrogen) atoms. The normalized spacial score (nSPS) is 18.2. The predicted octanol–water partition coefficient (Wildman–Crippen LogP) is 5.09. The van der Waals surface area contributed by atoms with Crippen molar-refractivity contribution in [2.24, 2.45) is 0 Å². The summed E-state index contributed by atoms with van der Waals surface area (Å²) in [4.78, 5) is 0. The van der Waals surface area contributed by atoms with Crippen LogP contribution in [0.2, 0.25) is 10.0 Å². The van der Waals surface area contributed by atoms with Crippen molar-refractivity contribution in [1.29, 1.82) is 0 Å². The Hall–Kier alpha value is -0.710. The number of halogens is 2. The summed E-state index contributed by atoms with van der Waals surface area (Å²) in [7, 11) is 0. The van der Waals surface area contributed by atoms with Crippen LogP contribution >= 0.6 is 35.0 Å². The van der Waals surface area contributed by atoms with Crippen molar-refractivity contribution in [1.82, 2.24) is 14.8 Å². The summed E-state index contributed by atoms with van der Waals surface area (Å²) in [6, 6.07) is 6.38. The van der Waals surface area contributed by atoms with Gasteiger partial charge in [0, 0.05) is 17.7 Å². The first-order valence-electron chi connectivity index (χ1n) is 7.24. The van der Waals surface area contributed by atoms with E-state index in [4.69, 9.17) is 23.2 Å². The van der Waals surface area contributed by atoms with Crippen molar-refractivity contribution >= 4 is 35.0 Å². The Morgan fingerprint density at radius 3 is 2.67 bits per heavy atom. The number of hydrogen-bond acceptors (Lipinski definition) is 3. The average molecular weight is 340 g/mol. The van der Waals surface area contributed by atoms with Gasteiger partial charge in [-0.2, -0.15) is 0 Å². The average Bonchev–Trinajstić information content (AvgIpc) is 3.39. The van der Waals surface area contributed by atoms with Gasteiger partial charge in [0.2, 0.25) is 0 Å². The Kier molecular flexibility index (Phi) is 3.64. The maximum atomic E-state index is 6.25. The largest absolute Gasteiger partial charge is 0.303 e. The van der Waals surface area contributed by atoms with Gasteiger partial charge in [0.25, 0.3) is 0 Å². The summed E-state index contributed by atoms with van der Waals surface area (Å²) < 4.78 is 2.36. The molecule has 110 valence electrons. The number of benzene rings is 1. The second-order valence-corrected chi connectivity index (χ2v) is 7.45. The maximum Gasteiger partial charge on any atom is 0.191 e. The molecule has 0 atom stereocenters. The summed E-state index contributed by atoms with van der Waals surface area (Å²) in [6.07, 6.45) is 5.03. The van der Waals surface area contributed by atoms with Gasteiger partial charge in [0.1, 0.15) is 5.82 Å². The molecule has 2 aliphatic carbocycles. The predicted molar refractivity (Wildman–Crippen MR) is 86.3 cm³/mol. The summed E-state index contributed by atoms with van der Waals surface area (Å²) in [6.45, 7) is 0. The maximum absolute atomic E-state index is 6.25. The second-order valence-electron chi connectivity index (χ2n) is 5.72. The summed E-state index contributed by atoms with van der Waals surface area (Å²) in [5.74, 6) is 2.61. The Morgan fingerprint density at radius 2 is 1.95 bits per heavy atom. The smallest absolute Gasteiger partial charge is 0.191 e. The van der Waals surface area contributed by atoms with Gasteiger partial charge in [-0.25, -0.2) is 0 Å². The number of aromatic nitrogens is 3. The molecule has 0 unspecified atom stereocenters. The van der Waals surface area contributed by atoms with E-state index in [2.05, 4.69) is 14.8 Å². The molecule has 0 bridgehead atoms. The van der Waals surface area contributed by atoms with Crippen LogP contribution in [0.4, 0.5) is 0 Å². The molecule has 2 aliphatic rings. The lowest BCUT2D eigenvalue weighted by Gasteiger charge is -2.09. The molecule has 3 nitrogen and oxygen atoms in total. The lowest BCUT2D eigenvalue weighted by Crippen LogP contribution is -2.02. The third kappa shape index (κ3) is 2.81. The first kappa shape index (κ1) is 13.9. The molecule has 4 rings (SSSR count). The molecule has 1 aromatic heterocycles. The van der Waals surface area contributed by atoms with Crippen LogP contribution in [0.1, 0.15) is 49.0 Å². The van der Waals surface area contributed by atoms with Crippen LogP contribution in [0.25, 0.3) is 0 Å². The molecule has 0 radical (unpaired) electrons. The van der Waals surface area contributed by atoms with Gasteiger partial charge in [-0.1, -0.05) is 47.1 Å². The van der Waals surface area contributed by atoms with E-state index in [1.807, 2.05) is 18.2 Å². The molecule has 0 aliphatic heterocycles. The van der Waals surface area contributed by atoms with Crippen molar-refractivity contribution in [3.05, 3.63) is 39.6 Å². The number of rotatable bonds is 5. The molecule has 0 saturated heterocycles. The van der Waals surface area contributed by atoms with E-state index in [9.17, 15) is 0 Å². The van der Waals surface area contributed by atoms with Crippen LogP contribution in [0.3, 0.4) is 0 Å². The Morgan fingerprint density at radius 1 is 1.14 bits per heavy atom. The van der Waals surface area contributed by atoms with Crippen LogP contribution in [0.5, 0.6) is 0 Å². The fraction of sp³-hybridized carbons (Fsp3) is 0.467. The number of thioether (sulfide) groups is 1. The fourth-order valence-corrected chi connectivity index (χ4v) is 3.96. The van der Waals surface area contributed by atoms with Crippen molar-refractivity contribution < 1.29 is 0 Å². The highest BCUT2D eigenvalue weighted by molar-refractivity contribution is 7.98. The highest BCUT2D eigenvalue weighted by Gasteiger charge is 2.36. The van der Waals surface area contributed by atoms with Gasteiger partial charge in [-0.15, -0.1) is 10.2 Å². The molecule has 0 amide bonds. The number of hydrogen-bond donors (Lipinski definition) is 0. The fourth-order valence-electron chi connectivity index (χ4n) is 2.48. The summed E-state index contributed by atoms with van der Waals surface area (Å²) >= 11 is 14.0. The minimum Gasteiger partial charge on any atom is -0.303 e. The molecule has 0 N–H and O–H groups in total. The molecule has 2 aromatic rings. The third-order valence-corrected chi connectivity index (χ3v) is 5.78.